The summed E-state index contributed by atoms with van der Waals surface area (Å²) in [6.45, 7) is 10.5. The van der Waals surface area contributed by atoms with Gasteiger partial charge in [0.25, 0.3) is 5.56 Å². The van der Waals surface area contributed by atoms with Crippen LogP contribution in [0.2, 0.25) is 0 Å². The predicted molar refractivity (Wildman–Crippen MR) is 150 cm³/mol. The quantitative estimate of drug-likeness (QED) is 0.382. The molecule has 3 fully saturated rings. The number of aromatic nitrogens is 1. The molecule has 5 N–H and O–H groups in total. The number of nitrogens with two attached hydrogens (primary N) is 1. The number of primary amides is 1. The maximum Gasteiger partial charge on any atom is 0.471 e. The monoisotopic (exact) mass is 603 g/mol. The lowest BCUT2D eigenvalue weighted by atomic mass is 9.79. The first-order chi connectivity index (χ1) is 19.7. The van der Waals surface area contributed by atoms with E-state index in [1.165, 1.54) is 25.7 Å². The Balaban J connectivity index is 1.43. The number of likely N-dealkylation sites (tertiary alicyclic amines) is 1. The van der Waals surface area contributed by atoms with Gasteiger partial charge in [-0.2, -0.15) is 13.2 Å². The van der Waals surface area contributed by atoms with Gasteiger partial charge in [-0.15, -0.1) is 0 Å². The van der Waals surface area contributed by atoms with E-state index in [9.17, 15) is 37.1 Å². The SMILES string of the molecule is Cc1ccc2[nH]c(=O)c(CC(NC(=O)[C@H]3N(C(=O)[C@@H](NC(=O)C(F)(F)F)C(C)(C)C)CC45C[C@@]34C5(C)C)C(N)=O)cc2c1. The average Bonchev–Trinajstić information content (AvgIpc) is 3.60. The molecule has 5 atom stereocenters. The second-order valence-corrected chi connectivity index (χ2v) is 13.9. The van der Waals surface area contributed by atoms with Crippen molar-refractivity contribution in [2.75, 3.05) is 6.54 Å². The van der Waals surface area contributed by atoms with Gasteiger partial charge >= 0.3 is 12.1 Å². The predicted octanol–water partition coefficient (Wildman–Crippen LogP) is 2.07. The molecule has 3 aliphatic rings. The Morgan fingerprint density at radius 3 is 2.33 bits per heavy atom. The zero-order valence-corrected chi connectivity index (χ0v) is 24.9. The molecule has 1 aromatic carbocycles. The number of carbonyl (C=O) groups is 4. The van der Waals surface area contributed by atoms with Crippen molar-refractivity contribution in [3.8, 4) is 0 Å². The van der Waals surface area contributed by atoms with Crippen LogP contribution in [0, 0.1) is 28.6 Å². The van der Waals surface area contributed by atoms with Crippen LogP contribution in [0.25, 0.3) is 10.9 Å². The smallest absolute Gasteiger partial charge is 0.368 e. The van der Waals surface area contributed by atoms with Gasteiger partial charge < -0.3 is 26.3 Å². The number of nitrogens with zero attached hydrogens (tertiary/aromatic N) is 1. The molecule has 2 saturated carbocycles. The summed E-state index contributed by atoms with van der Waals surface area (Å²) in [5.41, 5.74) is 4.50. The molecule has 1 aromatic heterocycles. The van der Waals surface area contributed by atoms with E-state index in [1.54, 1.807) is 12.1 Å². The first-order valence-electron chi connectivity index (χ1n) is 14.1. The summed E-state index contributed by atoms with van der Waals surface area (Å²) in [4.78, 5) is 69.0. The van der Waals surface area contributed by atoms with Crippen molar-refractivity contribution in [1.82, 2.24) is 20.5 Å². The van der Waals surface area contributed by atoms with Crippen molar-refractivity contribution < 1.29 is 32.3 Å². The fourth-order valence-electron chi connectivity index (χ4n) is 7.52. The number of hydrogen-bond donors (Lipinski definition) is 4. The Morgan fingerprint density at radius 2 is 1.77 bits per heavy atom. The molecule has 1 aliphatic heterocycles. The summed E-state index contributed by atoms with van der Waals surface area (Å²) in [5, 5.41) is 5.19. The summed E-state index contributed by atoms with van der Waals surface area (Å²) in [5.74, 6) is -4.65. The highest BCUT2D eigenvalue weighted by Gasteiger charge is 3.02. The number of aromatic amines is 1. The summed E-state index contributed by atoms with van der Waals surface area (Å²) in [7, 11) is 0. The normalized spacial score (nSPS) is 26.6. The maximum atomic E-state index is 13.9. The zero-order chi connectivity index (χ0) is 32.1. The number of nitrogens with one attached hydrogen (secondary N) is 3. The molecule has 13 heteroatoms. The number of pyridine rings is 1. The van der Waals surface area contributed by atoms with Crippen LogP contribution in [0.4, 0.5) is 13.2 Å². The van der Waals surface area contributed by atoms with Gasteiger partial charge in [0.05, 0.1) is 0 Å². The van der Waals surface area contributed by atoms with Crippen molar-refractivity contribution in [1.29, 1.82) is 0 Å². The third-order valence-electron chi connectivity index (χ3n) is 10.1. The van der Waals surface area contributed by atoms with E-state index in [-0.39, 0.29) is 23.9 Å². The van der Waals surface area contributed by atoms with Crippen molar-refractivity contribution in [2.45, 2.75) is 78.7 Å². The average molecular weight is 604 g/mol. The number of rotatable bonds is 7. The Kier molecular flexibility index (Phi) is 6.61. The third kappa shape index (κ3) is 4.50. The van der Waals surface area contributed by atoms with E-state index in [1.807, 2.05) is 38.2 Å². The number of alkyl halides is 3. The summed E-state index contributed by atoms with van der Waals surface area (Å²) in [6.07, 6.45) is -4.78. The molecule has 2 unspecified atom stereocenters. The minimum atomic E-state index is -5.21. The fraction of sp³-hybridized carbons (Fsp3) is 0.567. The fourth-order valence-corrected chi connectivity index (χ4v) is 7.52. The van der Waals surface area contributed by atoms with Gasteiger partial charge in [-0.1, -0.05) is 46.2 Å². The number of benzene rings is 1. The highest BCUT2D eigenvalue weighted by Crippen LogP contribution is 3.00. The van der Waals surface area contributed by atoms with Crippen LogP contribution < -0.4 is 21.9 Å². The second-order valence-electron chi connectivity index (χ2n) is 13.9. The molecule has 5 rings (SSSR count). The van der Waals surface area contributed by atoms with Gasteiger partial charge in [-0.3, -0.25) is 24.0 Å². The molecular formula is C30H36F3N5O5. The van der Waals surface area contributed by atoms with E-state index in [4.69, 9.17) is 5.73 Å². The second kappa shape index (κ2) is 9.30. The van der Waals surface area contributed by atoms with E-state index in [0.717, 1.165) is 10.9 Å². The van der Waals surface area contributed by atoms with Crippen molar-refractivity contribution in [3.63, 3.8) is 0 Å². The van der Waals surface area contributed by atoms with Gasteiger partial charge in [-0.25, -0.2) is 0 Å². The number of amides is 4. The van der Waals surface area contributed by atoms with Crippen molar-refractivity contribution in [3.05, 3.63) is 45.7 Å². The highest BCUT2D eigenvalue weighted by molar-refractivity contribution is 5.98. The van der Waals surface area contributed by atoms with Gasteiger partial charge in [0.2, 0.25) is 17.7 Å². The number of H-pyrrole nitrogens is 1. The van der Waals surface area contributed by atoms with E-state index >= 15 is 0 Å². The van der Waals surface area contributed by atoms with E-state index in [0.29, 0.717) is 11.9 Å². The molecule has 4 amide bonds. The summed E-state index contributed by atoms with van der Waals surface area (Å²) < 4.78 is 39.4. The third-order valence-corrected chi connectivity index (χ3v) is 10.1. The molecule has 0 spiro atoms. The van der Waals surface area contributed by atoms with Crippen LogP contribution in [0.3, 0.4) is 0 Å². The highest BCUT2D eigenvalue weighted by atomic mass is 19.4. The molecule has 2 heterocycles. The lowest BCUT2D eigenvalue weighted by Gasteiger charge is -2.42. The zero-order valence-electron chi connectivity index (χ0n) is 24.9. The van der Waals surface area contributed by atoms with Crippen LogP contribution in [-0.2, 0) is 25.6 Å². The molecular weight excluding hydrogens is 567 g/mol. The van der Waals surface area contributed by atoms with Crippen molar-refractivity contribution in [2.24, 2.45) is 27.4 Å². The van der Waals surface area contributed by atoms with Gasteiger partial charge in [0.15, 0.2) is 0 Å². The number of piperidine rings is 2. The molecule has 1 saturated heterocycles. The van der Waals surface area contributed by atoms with E-state index < -0.39 is 69.7 Å². The molecule has 0 radical (unpaired) electrons. The number of hydrogen-bond acceptors (Lipinski definition) is 5. The number of aryl methyl sites for hydroxylation is 1. The Morgan fingerprint density at radius 1 is 1.12 bits per heavy atom. The Hall–Kier alpha value is -3.90. The van der Waals surface area contributed by atoms with Crippen LogP contribution in [0.5, 0.6) is 0 Å². The topological polar surface area (TPSA) is 154 Å². The summed E-state index contributed by atoms with van der Waals surface area (Å²) >= 11 is 0. The molecule has 0 bridgehead atoms. The minimum Gasteiger partial charge on any atom is -0.368 e. The maximum absolute atomic E-state index is 13.9. The Labute approximate surface area is 245 Å². The molecule has 2 aliphatic carbocycles. The number of halogens is 3. The molecule has 232 valence electrons. The lowest BCUT2D eigenvalue weighted by molar-refractivity contribution is -0.176. The van der Waals surface area contributed by atoms with Gasteiger partial charge in [0.1, 0.15) is 18.1 Å². The standard InChI is InChI=1S/C30H36F3N5O5/c1-14-7-8-17-15(9-14)10-16(22(40)35-17)11-18(21(34)39)36-23(41)20-29-12-28(29,27(29,5)6)13-38(20)24(42)19(26(2,3)4)37-25(43)30(31,32)33/h7-10,18-20H,11-13H2,1-6H3,(H2,34,39)(H,35,40)(H,36,41)(H,37,43)/t18?,19-,20-,28?,29+/m1/s1. The van der Waals surface area contributed by atoms with Crippen LogP contribution in [0.15, 0.2) is 29.1 Å². The lowest BCUT2D eigenvalue weighted by Crippen LogP contribution is -2.63. The molecule has 2 aromatic rings. The summed E-state index contributed by atoms with van der Waals surface area (Å²) in [6, 6.07) is 3.10. The number of fused-ring (bicyclic) bond motifs is 1. The van der Waals surface area contributed by atoms with Crippen molar-refractivity contribution >= 4 is 34.5 Å². The van der Waals surface area contributed by atoms with E-state index in [2.05, 4.69) is 10.3 Å². The minimum absolute atomic E-state index is 0.121. The van der Waals surface area contributed by atoms with Gasteiger partial charge in [-0.05, 0) is 47.8 Å². The first-order valence-corrected chi connectivity index (χ1v) is 14.1. The molecule has 43 heavy (non-hydrogen) atoms. The first kappa shape index (κ1) is 30.6. The molecule has 10 nitrogen and oxygen atoms in total. The van der Waals surface area contributed by atoms with Crippen LogP contribution >= 0.6 is 0 Å². The largest absolute Gasteiger partial charge is 0.471 e. The van der Waals surface area contributed by atoms with Crippen LogP contribution in [-0.4, -0.2) is 64.4 Å². The number of carbonyl (C=O) groups excluding carboxylic acids is 4. The van der Waals surface area contributed by atoms with Crippen LogP contribution in [0.1, 0.15) is 52.2 Å². The van der Waals surface area contributed by atoms with Gasteiger partial charge in [0, 0.05) is 34.9 Å². The Bertz CT molecular complexity index is 1630.